The first-order valence-electron chi connectivity index (χ1n) is 5.03. The van der Waals surface area contributed by atoms with Crippen LogP contribution < -0.4 is 0 Å². The molecule has 14 heavy (non-hydrogen) atoms. The Kier molecular flexibility index (Phi) is 3.27. The fourth-order valence-corrected chi connectivity index (χ4v) is 2.08. The van der Waals surface area contributed by atoms with E-state index in [0.29, 0.717) is 0 Å². The lowest BCUT2D eigenvalue weighted by Gasteiger charge is -2.27. The molecule has 1 aliphatic rings. The molecule has 1 aliphatic carbocycles. The van der Waals surface area contributed by atoms with Gasteiger partial charge in [-0.2, -0.15) is 0 Å². The van der Waals surface area contributed by atoms with Gasteiger partial charge in [0.15, 0.2) is 5.78 Å². The molecule has 0 aromatic heterocycles. The number of rotatable bonds is 3. The Balaban J connectivity index is 2.85. The molecule has 0 unspecified atom stereocenters. The van der Waals surface area contributed by atoms with E-state index in [4.69, 9.17) is 5.11 Å². The van der Waals surface area contributed by atoms with E-state index in [1.807, 2.05) is 26.0 Å². The summed E-state index contributed by atoms with van der Waals surface area (Å²) in [6.45, 7) is 6.03. The van der Waals surface area contributed by atoms with Crippen molar-refractivity contribution >= 4 is 5.78 Å². The van der Waals surface area contributed by atoms with E-state index in [2.05, 4.69) is 6.92 Å². The second-order valence-electron chi connectivity index (χ2n) is 4.32. The maximum Gasteiger partial charge on any atom is 0.183 e. The van der Waals surface area contributed by atoms with Crippen LogP contribution in [0.15, 0.2) is 23.3 Å². The van der Waals surface area contributed by atoms with Crippen LogP contribution in [0.4, 0.5) is 0 Å². The molecule has 1 rings (SSSR count). The van der Waals surface area contributed by atoms with E-state index in [1.165, 1.54) is 0 Å². The molecule has 0 aromatic carbocycles. The summed E-state index contributed by atoms with van der Waals surface area (Å²) in [5.74, 6) is 0.145. The molecule has 0 heterocycles. The lowest BCUT2D eigenvalue weighted by molar-refractivity contribution is -0.112. The molecule has 0 saturated heterocycles. The molecule has 0 atom stereocenters. The average Bonchev–Trinajstić information content (AvgIpc) is 2.11. The molecule has 1 N–H and O–H groups in total. The zero-order valence-corrected chi connectivity index (χ0v) is 9.13. The molecule has 2 heteroatoms. The van der Waals surface area contributed by atoms with Gasteiger partial charge in [0.1, 0.15) is 0 Å². The van der Waals surface area contributed by atoms with Crippen molar-refractivity contribution in [2.24, 2.45) is 5.41 Å². The highest BCUT2D eigenvalue weighted by atomic mass is 16.2. The minimum Gasteiger partial charge on any atom is -0.396 e. The van der Waals surface area contributed by atoms with Crippen molar-refractivity contribution in [1.29, 1.82) is 0 Å². The van der Waals surface area contributed by atoms with Gasteiger partial charge >= 0.3 is 0 Å². The molecule has 0 spiro atoms. The number of ketones is 1. The highest BCUT2D eigenvalue weighted by molar-refractivity contribution is 6.08. The number of hydrogen-bond donors (Lipinski definition) is 1. The van der Waals surface area contributed by atoms with Crippen LogP contribution >= 0.6 is 0 Å². The number of aliphatic hydroxyl groups excluding tert-OH is 1. The largest absolute Gasteiger partial charge is 0.396 e. The van der Waals surface area contributed by atoms with Crippen LogP contribution in [0.1, 0.15) is 33.6 Å². The van der Waals surface area contributed by atoms with Crippen LogP contribution in [0.3, 0.4) is 0 Å². The summed E-state index contributed by atoms with van der Waals surface area (Å²) >= 11 is 0. The Morgan fingerprint density at radius 3 is 2.21 bits per heavy atom. The van der Waals surface area contributed by atoms with E-state index in [1.54, 1.807) is 0 Å². The van der Waals surface area contributed by atoms with Crippen molar-refractivity contribution in [1.82, 2.24) is 0 Å². The van der Waals surface area contributed by atoms with Gasteiger partial charge in [-0.25, -0.2) is 0 Å². The molecule has 78 valence electrons. The van der Waals surface area contributed by atoms with Crippen LogP contribution in [0.25, 0.3) is 0 Å². The Morgan fingerprint density at radius 2 is 1.79 bits per heavy atom. The summed E-state index contributed by atoms with van der Waals surface area (Å²) in [6.07, 6.45) is 5.69. The number of hydrogen-bond acceptors (Lipinski definition) is 2. The topological polar surface area (TPSA) is 37.3 Å². The lowest BCUT2D eigenvalue weighted by atomic mass is 9.77. The van der Waals surface area contributed by atoms with Gasteiger partial charge in [0.05, 0.1) is 0 Å². The predicted molar refractivity (Wildman–Crippen MR) is 56.9 cm³/mol. The fourth-order valence-electron chi connectivity index (χ4n) is 2.08. The van der Waals surface area contributed by atoms with Gasteiger partial charge in [-0.15, -0.1) is 0 Å². The third-order valence-corrected chi connectivity index (χ3v) is 2.68. The predicted octanol–water partition coefficient (Wildman–Crippen LogP) is 2.24. The SMILES string of the molecule is CC1=CC(C)(CCCO)C=C(C)C1=O. The molecule has 0 aromatic rings. The van der Waals surface area contributed by atoms with Crippen molar-refractivity contribution in [3.63, 3.8) is 0 Å². The quantitative estimate of drug-likeness (QED) is 0.748. The number of Topliss-reactive ketones (excluding diaryl/α,β-unsaturated/α-hetero) is 1. The molecule has 0 aliphatic heterocycles. The van der Waals surface area contributed by atoms with Gasteiger partial charge in [0.2, 0.25) is 0 Å². The Labute approximate surface area is 85.3 Å². The van der Waals surface area contributed by atoms with Gasteiger partial charge in [-0.1, -0.05) is 19.1 Å². The second kappa shape index (κ2) is 4.09. The average molecular weight is 194 g/mol. The molecule has 0 fully saturated rings. The molecular weight excluding hydrogens is 176 g/mol. The van der Waals surface area contributed by atoms with E-state index in [-0.39, 0.29) is 17.8 Å². The summed E-state index contributed by atoms with van der Waals surface area (Å²) in [6, 6.07) is 0. The Morgan fingerprint density at radius 1 is 1.29 bits per heavy atom. The van der Waals surface area contributed by atoms with Crippen LogP contribution in [0, 0.1) is 5.41 Å². The highest BCUT2D eigenvalue weighted by Gasteiger charge is 2.25. The van der Waals surface area contributed by atoms with Crippen molar-refractivity contribution in [2.45, 2.75) is 33.6 Å². The van der Waals surface area contributed by atoms with Crippen molar-refractivity contribution in [2.75, 3.05) is 6.61 Å². The molecule has 0 saturated carbocycles. The number of carbonyl (C=O) groups is 1. The first-order chi connectivity index (χ1) is 6.48. The highest BCUT2D eigenvalue weighted by Crippen LogP contribution is 2.33. The summed E-state index contributed by atoms with van der Waals surface area (Å²) < 4.78 is 0. The number of aliphatic hydroxyl groups is 1. The van der Waals surface area contributed by atoms with Gasteiger partial charge < -0.3 is 5.11 Å². The zero-order chi connectivity index (χ0) is 10.8. The monoisotopic (exact) mass is 194 g/mol. The third-order valence-electron chi connectivity index (χ3n) is 2.68. The van der Waals surface area contributed by atoms with Gasteiger partial charge in [-0.3, -0.25) is 4.79 Å². The Hall–Kier alpha value is -0.890. The minimum atomic E-state index is -0.0508. The van der Waals surface area contributed by atoms with E-state index >= 15 is 0 Å². The van der Waals surface area contributed by atoms with Crippen LogP contribution in [0.2, 0.25) is 0 Å². The number of carbonyl (C=O) groups excluding carboxylic acids is 1. The first-order valence-corrected chi connectivity index (χ1v) is 5.03. The number of allylic oxidation sites excluding steroid dienone is 4. The summed E-state index contributed by atoms with van der Waals surface area (Å²) in [5.41, 5.74) is 1.60. The fraction of sp³-hybridized carbons (Fsp3) is 0.583. The first kappa shape index (κ1) is 11.2. The standard InChI is InChI=1S/C12H18O2/c1-9-7-12(3,5-4-6-13)8-10(2)11(9)14/h7-8,13H,4-6H2,1-3H3. The lowest BCUT2D eigenvalue weighted by Crippen LogP contribution is -2.20. The summed E-state index contributed by atoms with van der Waals surface area (Å²) in [4.78, 5) is 11.5. The van der Waals surface area contributed by atoms with Crippen molar-refractivity contribution < 1.29 is 9.90 Å². The second-order valence-corrected chi connectivity index (χ2v) is 4.32. The Bertz CT molecular complexity index is 275. The van der Waals surface area contributed by atoms with E-state index in [9.17, 15) is 4.79 Å². The normalized spacial score (nSPS) is 20.4. The maximum absolute atomic E-state index is 11.5. The summed E-state index contributed by atoms with van der Waals surface area (Å²) in [5, 5.41) is 8.79. The van der Waals surface area contributed by atoms with Crippen molar-refractivity contribution in [3.8, 4) is 0 Å². The van der Waals surface area contributed by atoms with Gasteiger partial charge in [0.25, 0.3) is 0 Å². The molecular formula is C12H18O2. The van der Waals surface area contributed by atoms with Crippen LogP contribution in [-0.2, 0) is 4.79 Å². The van der Waals surface area contributed by atoms with Gasteiger partial charge in [0, 0.05) is 12.0 Å². The van der Waals surface area contributed by atoms with Gasteiger partial charge in [-0.05, 0) is 37.8 Å². The molecule has 0 radical (unpaired) electrons. The zero-order valence-electron chi connectivity index (χ0n) is 9.13. The summed E-state index contributed by atoms with van der Waals surface area (Å²) in [7, 11) is 0. The van der Waals surface area contributed by atoms with Crippen LogP contribution in [-0.4, -0.2) is 17.5 Å². The van der Waals surface area contributed by atoms with E-state index < -0.39 is 0 Å². The third kappa shape index (κ3) is 2.32. The minimum absolute atomic E-state index is 0.0508. The van der Waals surface area contributed by atoms with Crippen molar-refractivity contribution in [3.05, 3.63) is 23.3 Å². The molecule has 2 nitrogen and oxygen atoms in total. The maximum atomic E-state index is 11.5. The van der Waals surface area contributed by atoms with Crippen LogP contribution in [0.5, 0.6) is 0 Å². The van der Waals surface area contributed by atoms with E-state index in [0.717, 1.165) is 24.0 Å². The smallest absolute Gasteiger partial charge is 0.183 e. The molecule has 0 amide bonds. The molecule has 0 bridgehead atoms.